The number of carbonyl (C=O) groups is 1. The first-order valence-corrected chi connectivity index (χ1v) is 12.5. The van der Waals surface area contributed by atoms with Gasteiger partial charge in [-0.25, -0.2) is 14.3 Å². The van der Waals surface area contributed by atoms with Gasteiger partial charge in [-0.15, -0.1) is 5.10 Å². The summed E-state index contributed by atoms with van der Waals surface area (Å²) in [4.78, 5) is 36.2. The van der Waals surface area contributed by atoms with E-state index >= 15 is 0 Å². The maximum Gasteiger partial charge on any atom is 0.347 e. The molecule has 0 saturated carbocycles. The predicted octanol–water partition coefficient (Wildman–Crippen LogP) is 3.95. The van der Waals surface area contributed by atoms with Crippen LogP contribution in [0.4, 0.5) is 0 Å². The average Bonchev–Trinajstić information content (AvgIpc) is 2.81. The minimum atomic E-state index is -1.29. The van der Waals surface area contributed by atoms with Gasteiger partial charge >= 0.3 is 17.2 Å². The Morgan fingerprint density at radius 3 is 2.49 bits per heavy atom. The van der Waals surface area contributed by atoms with Crippen LogP contribution in [-0.2, 0) is 24.8 Å². The molecule has 1 aromatic carbocycles. The summed E-state index contributed by atoms with van der Waals surface area (Å²) in [5, 5.41) is 13.2. The lowest BCUT2D eigenvalue weighted by Gasteiger charge is -2.21. The van der Waals surface area contributed by atoms with Crippen LogP contribution in [0.1, 0.15) is 77.7 Å². The van der Waals surface area contributed by atoms with Crippen LogP contribution in [0.25, 0.3) is 0 Å². The number of aromatic nitrogens is 3. The fourth-order valence-corrected chi connectivity index (χ4v) is 3.64. The van der Waals surface area contributed by atoms with Crippen LogP contribution in [0, 0.1) is 0 Å². The molecule has 0 amide bonds. The molecule has 0 aliphatic rings. The van der Waals surface area contributed by atoms with Crippen LogP contribution in [0.15, 0.2) is 33.9 Å². The molecule has 0 aliphatic heterocycles. The van der Waals surface area contributed by atoms with Gasteiger partial charge < -0.3 is 14.6 Å². The van der Waals surface area contributed by atoms with Crippen LogP contribution >= 0.6 is 0 Å². The third kappa shape index (κ3) is 8.88. The standard InChI is InChI=1S/C26H39N3O6/c1-5-6-7-8-11-17-29-23(30)22(27-28(4)25(29)33)34-18-12-9-10-14-20-15-13-16-21(19-20)35-26(2,3)24(31)32/h13,15-16,19H,5-12,14,17-18H2,1-4H3,(H,31,32). The second-order valence-corrected chi connectivity index (χ2v) is 9.31. The highest BCUT2D eigenvalue weighted by molar-refractivity contribution is 5.76. The lowest BCUT2D eigenvalue weighted by atomic mass is 10.1. The van der Waals surface area contributed by atoms with E-state index < -0.39 is 22.8 Å². The number of rotatable bonds is 16. The van der Waals surface area contributed by atoms with Gasteiger partial charge in [-0.3, -0.25) is 9.36 Å². The zero-order chi connectivity index (χ0) is 25.8. The fourth-order valence-electron chi connectivity index (χ4n) is 3.64. The van der Waals surface area contributed by atoms with Crippen molar-refractivity contribution in [1.82, 2.24) is 14.3 Å². The topological polar surface area (TPSA) is 113 Å². The van der Waals surface area contributed by atoms with Crippen LogP contribution in [0.5, 0.6) is 11.6 Å². The summed E-state index contributed by atoms with van der Waals surface area (Å²) < 4.78 is 13.6. The maximum absolute atomic E-state index is 12.7. The van der Waals surface area contributed by atoms with Gasteiger partial charge in [0.25, 0.3) is 5.88 Å². The van der Waals surface area contributed by atoms with Gasteiger partial charge in [-0.2, -0.15) is 0 Å². The summed E-state index contributed by atoms with van der Waals surface area (Å²) in [6, 6.07) is 7.45. The van der Waals surface area contributed by atoms with Crippen molar-refractivity contribution in [1.29, 1.82) is 0 Å². The van der Waals surface area contributed by atoms with Crippen LogP contribution in [0.3, 0.4) is 0 Å². The molecule has 0 bridgehead atoms. The van der Waals surface area contributed by atoms with Gasteiger partial charge in [-0.1, -0.05) is 44.7 Å². The molecule has 0 radical (unpaired) electrons. The largest absolute Gasteiger partial charge is 0.478 e. The van der Waals surface area contributed by atoms with Gasteiger partial charge in [0, 0.05) is 13.6 Å². The predicted molar refractivity (Wildman–Crippen MR) is 134 cm³/mol. The average molecular weight is 490 g/mol. The summed E-state index contributed by atoms with van der Waals surface area (Å²) in [5.41, 5.74) is -1.12. The first-order valence-electron chi connectivity index (χ1n) is 12.5. The number of benzene rings is 1. The molecule has 9 nitrogen and oxygen atoms in total. The van der Waals surface area contributed by atoms with Crippen molar-refractivity contribution >= 4 is 5.97 Å². The zero-order valence-electron chi connectivity index (χ0n) is 21.4. The van der Waals surface area contributed by atoms with E-state index in [9.17, 15) is 19.5 Å². The van der Waals surface area contributed by atoms with Crippen molar-refractivity contribution in [2.45, 2.75) is 90.7 Å². The normalized spacial score (nSPS) is 11.4. The lowest BCUT2D eigenvalue weighted by Crippen LogP contribution is -2.41. The summed E-state index contributed by atoms with van der Waals surface area (Å²) >= 11 is 0. The monoisotopic (exact) mass is 489 g/mol. The van der Waals surface area contributed by atoms with Gasteiger partial charge in [0.1, 0.15) is 5.75 Å². The Balaban J connectivity index is 1.81. The molecule has 1 heterocycles. The van der Waals surface area contributed by atoms with Crippen molar-refractivity contribution in [3.8, 4) is 11.6 Å². The van der Waals surface area contributed by atoms with Crippen molar-refractivity contribution in [2.75, 3.05) is 6.61 Å². The number of ether oxygens (including phenoxy) is 2. The smallest absolute Gasteiger partial charge is 0.347 e. The molecule has 9 heteroatoms. The SMILES string of the molecule is CCCCCCCn1c(=O)c(OCCCCCc2cccc(OC(C)(C)C(=O)O)c2)nn(C)c1=O. The molecule has 0 atom stereocenters. The van der Waals surface area contributed by atoms with E-state index in [1.165, 1.54) is 25.5 Å². The Hall–Kier alpha value is -3.10. The van der Waals surface area contributed by atoms with Gasteiger partial charge in [-0.05, 0) is 63.6 Å². The molecule has 2 aromatic rings. The Kier molecular flexibility index (Phi) is 11.0. The molecule has 0 unspecified atom stereocenters. The third-order valence-corrected chi connectivity index (χ3v) is 5.80. The quantitative estimate of drug-likeness (QED) is 0.355. The Morgan fingerprint density at radius 1 is 1.06 bits per heavy atom. The van der Waals surface area contributed by atoms with E-state index in [2.05, 4.69) is 12.0 Å². The number of aliphatic carboxylic acids is 1. The summed E-state index contributed by atoms with van der Waals surface area (Å²) in [6.45, 7) is 5.89. The van der Waals surface area contributed by atoms with E-state index in [1.807, 2.05) is 18.2 Å². The van der Waals surface area contributed by atoms with E-state index in [0.717, 1.165) is 68.0 Å². The zero-order valence-corrected chi connectivity index (χ0v) is 21.4. The molecule has 35 heavy (non-hydrogen) atoms. The van der Waals surface area contributed by atoms with Crippen molar-refractivity contribution in [3.63, 3.8) is 0 Å². The van der Waals surface area contributed by atoms with Crippen LogP contribution < -0.4 is 20.7 Å². The lowest BCUT2D eigenvalue weighted by molar-refractivity contribution is -0.152. The Morgan fingerprint density at radius 2 is 1.77 bits per heavy atom. The fraction of sp³-hybridized carbons (Fsp3) is 0.615. The number of hydrogen-bond donors (Lipinski definition) is 1. The first-order chi connectivity index (χ1) is 16.7. The minimum Gasteiger partial charge on any atom is -0.478 e. The number of hydrogen-bond acceptors (Lipinski definition) is 6. The molecule has 194 valence electrons. The van der Waals surface area contributed by atoms with Gasteiger partial charge in [0.05, 0.1) is 6.61 Å². The molecule has 2 rings (SSSR count). The number of carboxylic acid groups (broad SMARTS) is 1. The summed E-state index contributed by atoms with van der Waals surface area (Å²) in [7, 11) is 1.53. The number of carboxylic acids is 1. The van der Waals surface area contributed by atoms with E-state index in [1.54, 1.807) is 6.07 Å². The van der Waals surface area contributed by atoms with Crippen molar-refractivity contribution in [3.05, 3.63) is 50.7 Å². The highest BCUT2D eigenvalue weighted by atomic mass is 16.5. The summed E-state index contributed by atoms with van der Waals surface area (Å²) in [6.07, 6.45) is 8.48. The molecule has 1 N–H and O–H groups in total. The van der Waals surface area contributed by atoms with Crippen molar-refractivity contribution in [2.24, 2.45) is 7.05 Å². The van der Waals surface area contributed by atoms with Crippen molar-refractivity contribution < 1.29 is 19.4 Å². The van der Waals surface area contributed by atoms with Gasteiger partial charge in [0.2, 0.25) is 0 Å². The van der Waals surface area contributed by atoms with Gasteiger partial charge in [0.15, 0.2) is 5.60 Å². The van der Waals surface area contributed by atoms with Crippen LogP contribution in [0.2, 0.25) is 0 Å². The van der Waals surface area contributed by atoms with E-state index in [4.69, 9.17) is 9.47 Å². The minimum absolute atomic E-state index is 0.0356. The second kappa shape index (κ2) is 13.7. The molecule has 1 aromatic heterocycles. The molecule has 0 spiro atoms. The number of aryl methyl sites for hydroxylation is 2. The van der Waals surface area contributed by atoms with E-state index in [0.29, 0.717) is 18.9 Å². The molecular weight excluding hydrogens is 450 g/mol. The highest BCUT2D eigenvalue weighted by Gasteiger charge is 2.29. The molecular formula is C26H39N3O6. The van der Waals surface area contributed by atoms with E-state index in [-0.39, 0.29) is 5.88 Å². The Labute approximate surface area is 206 Å². The molecule has 0 saturated heterocycles. The summed E-state index contributed by atoms with van der Waals surface area (Å²) in [5.74, 6) is -0.526. The number of nitrogens with zero attached hydrogens (tertiary/aromatic N) is 3. The first kappa shape index (κ1) is 28.1. The highest BCUT2D eigenvalue weighted by Crippen LogP contribution is 2.21. The second-order valence-electron chi connectivity index (χ2n) is 9.31. The molecule has 0 fully saturated rings. The third-order valence-electron chi connectivity index (χ3n) is 5.80. The number of unbranched alkanes of at least 4 members (excludes halogenated alkanes) is 6. The van der Waals surface area contributed by atoms with Crippen LogP contribution in [-0.4, -0.2) is 37.6 Å². The Bertz CT molecular complexity index is 1070. The molecule has 0 aliphatic carbocycles. The maximum atomic E-state index is 12.7.